The van der Waals surface area contributed by atoms with Crippen molar-refractivity contribution >= 4 is 34.5 Å². The van der Waals surface area contributed by atoms with E-state index in [1.165, 1.54) is 4.88 Å². The van der Waals surface area contributed by atoms with E-state index in [1.54, 1.807) is 23.3 Å². The van der Waals surface area contributed by atoms with Crippen molar-refractivity contribution in [1.82, 2.24) is 9.80 Å². The number of nitrogens with two attached hydrogens (primary N) is 1. The molecule has 0 spiro atoms. The van der Waals surface area contributed by atoms with Crippen molar-refractivity contribution in [3.63, 3.8) is 0 Å². The Kier molecular flexibility index (Phi) is 7.12. The molecule has 0 aliphatic rings. The zero-order valence-electron chi connectivity index (χ0n) is 12.3. The fraction of sp³-hybridized carbons (Fsp3) is 0.571. The van der Waals surface area contributed by atoms with E-state index >= 15 is 0 Å². The summed E-state index contributed by atoms with van der Waals surface area (Å²) < 4.78 is 0. The monoisotopic (exact) mass is 313 g/mol. The van der Waals surface area contributed by atoms with Crippen molar-refractivity contribution < 1.29 is 4.79 Å². The molecule has 1 atom stereocenters. The highest BCUT2D eigenvalue weighted by atomic mass is 32.1. The predicted octanol–water partition coefficient (Wildman–Crippen LogP) is 2.27. The lowest BCUT2D eigenvalue weighted by molar-refractivity contribution is -0.130. The third-order valence-corrected chi connectivity index (χ3v) is 4.66. The molecule has 112 valence electrons. The lowest BCUT2D eigenvalue weighted by atomic mass is 10.2. The molecular formula is C14H23N3OS2. The van der Waals surface area contributed by atoms with Crippen LogP contribution in [0.1, 0.15) is 30.7 Å². The van der Waals surface area contributed by atoms with E-state index in [0.717, 1.165) is 6.54 Å². The number of rotatable bonds is 8. The molecule has 1 amide bonds. The van der Waals surface area contributed by atoms with Gasteiger partial charge < -0.3 is 10.6 Å². The van der Waals surface area contributed by atoms with Crippen molar-refractivity contribution in [1.29, 1.82) is 0 Å². The molecule has 0 aliphatic carbocycles. The van der Waals surface area contributed by atoms with E-state index < -0.39 is 0 Å². The maximum atomic E-state index is 12.0. The Bertz CT molecular complexity index is 434. The minimum atomic E-state index is 0.131. The van der Waals surface area contributed by atoms with Crippen molar-refractivity contribution in [2.24, 2.45) is 5.73 Å². The first-order chi connectivity index (χ1) is 9.41. The number of thiocarbonyl (C=S) groups is 1. The van der Waals surface area contributed by atoms with Crippen molar-refractivity contribution in [3.05, 3.63) is 22.4 Å². The first-order valence-electron chi connectivity index (χ1n) is 6.67. The third kappa shape index (κ3) is 5.56. The van der Waals surface area contributed by atoms with Crippen molar-refractivity contribution in [2.45, 2.75) is 25.8 Å². The highest BCUT2D eigenvalue weighted by molar-refractivity contribution is 7.80. The topological polar surface area (TPSA) is 49.6 Å². The average Bonchev–Trinajstić information content (AvgIpc) is 2.94. The van der Waals surface area contributed by atoms with Crippen LogP contribution < -0.4 is 5.73 Å². The van der Waals surface area contributed by atoms with E-state index in [0.29, 0.717) is 30.4 Å². The van der Waals surface area contributed by atoms with Gasteiger partial charge in [-0.2, -0.15) is 0 Å². The first-order valence-corrected chi connectivity index (χ1v) is 7.96. The Morgan fingerprint density at radius 3 is 2.65 bits per heavy atom. The number of amides is 1. The van der Waals surface area contributed by atoms with Gasteiger partial charge in [0, 0.05) is 43.9 Å². The predicted molar refractivity (Wildman–Crippen MR) is 89.0 cm³/mol. The quantitative estimate of drug-likeness (QED) is 0.748. The van der Waals surface area contributed by atoms with Crippen LogP contribution in [-0.4, -0.2) is 47.9 Å². The Morgan fingerprint density at radius 1 is 1.40 bits per heavy atom. The lowest BCUT2D eigenvalue weighted by Crippen LogP contribution is -2.33. The largest absolute Gasteiger partial charge is 0.393 e. The summed E-state index contributed by atoms with van der Waals surface area (Å²) in [4.78, 5) is 17.7. The summed E-state index contributed by atoms with van der Waals surface area (Å²) in [5.74, 6) is 0.131. The molecule has 2 N–H and O–H groups in total. The summed E-state index contributed by atoms with van der Waals surface area (Å²) in [5.41, 5.74) is 5.44. The number of carbonyl (C=O) groups is 1. The fourth-order valence-corrected chi connectivity index (χ4v) is 2.74. The van der Waals surface area contributed by atoms with Crippen LogP contribution in [0.5, 0.6) is 0 Å². The Balaban J connectivity index is 2.34. The molecule has 0 bridgehead atoms. The number of hydrogen-bond acceptors (Lipinski definition) is 4. The summed E-state index contributed by atoms with van der Waals surface area (Å²) >= 11 is 6.57. The molecule has 0 saturated heterocycles. The number of thiophene rings is 1. The molecule has 20 heavy (non-hydrogen) atoms. The molecule has 1 aromatic heterocycles. The Hall–Kier alpha value is -0.980. The third-order valence-electron chi connectivity index (χ3n) is 3.41. The molecular weight excluding hydrogens is 290 g/mol. The summed E-state index contributed by atoms with van der Waals surface area (Å²) in [6, 6.07) is 4.52. The second kappa shape index (κ2) is 8.34. The van der Waals surface area contributed by atoms with Crippen LogP contribution in [0, 0.1) is 0 Å². The van der Waals surface area contributed by atoms with E-state index in [2.05, 4.69) is 29.3 Å². The van der Waals surface area contributed by atoms with Gasteiger partial charge in [0.15, 0.2) is 0 Å². The molecule has 1 heterocycles. The lowest BCUT2D eigenvalue weighted by Gasteiger charge is -2.25. The SMILES string of the molecule is CC(c1cccs1)N(C)CCC(=O)N(C)CCC(N)=S. The second-order valence-electron chi connectivity index (χ2n) is 4.95. The first kappa shape index (κ1) is 17.1. The van der Waals surface area contributed by atoms with Crippen molar-refractivity contribution in [2.75, 3.05) is 27.2 Å². The molecule has 1 aromatic rings. The van der Waals surface area contributed by atoms with Crippen LogP contribution in [0.3, 0.4) is 0 Å². The van der Waals surface area contributed by atoms with Crippen LogP contribution in [0.15, 0.2) is 17.5 Å². The van der Waals surface area contributed by atoms with Gasteiger partial charge in [-0.15, -0.1) is 11.3 Å². The minimum Gasteiger partial charge on any atom is -0.393 e. The highest BCUT2D eigenvalue weighted by Gasteiger charge is 2.15. The van der Waals surface area contributed by atoms with Gasteiger partial charge in [0.05, 0.1) is 4.99 Å². The fourth-order valence-electron chi connectivity index (χ4n) is 1.81. The van der Waals surface area contributed by atoms with Gasteiger partial charge >= 0.3 is 0 Å². The highest BCUT2D eigenvalue weighted by Crippen LogP contribution is 2.23. The Morgan fingerprint density at radius 2 is 2.10 bits per heavy atom. The molecule has 0 radical (unpaired) electrons. The molecule has 1 unspecified atom stereocenters. The summed E-state index contributed by atoms with van der Waals surface area (Å²) in [7, 11) is 3.84. The van der Waals surface area contributed by atoms with Gasteiger partial charge in [0.2, 0.25) is 5.91 Å². The van der Waals surface area contributed by atoms with Gasteiger partial charge in [0.1, 0.15) is 0 Å². The maximum absolute atomic E-state index is 12.0. The Labute approximate surface area is 130 Å². The summed E-state index contributed by atoms with van der Waals surface area (Å²) in [6.07, 6.45) is 1.10. The van der Waals surface area contributed by atoms with Crippen LogP contribution in [0.25, 0.3) is 0 Å². The van der Waals surface area contributed by atoms with Gasteiger partial charge in [0.25, 0.3) is 0 Å². The van der Waals surface area contributed by atoms with Crippen LogP contribution in [0.2, 0.25) is 0 Å². The average molecular weight is 313 g/mol. The molecule has 4 nitrogen and oxygen atoms in total. The van der Waals surface area contributed by atoms with E-state index in [9.17, 15) is 4.79 Å². The van der Waals surface area contributed by atoms with E-state index in [4.69, 9.17) is 18.0 Å². The number of carbonyl (C=O) groups excluding carboxylic acids is 1. The molecule has 0 saturated carbocycles. The molecule has 0 aliphatic heterocycles. The smallest absolute Gasteiger partial charge is 0.223 e. The summed E-state index contributed by atoms with van der Waals surface area (Å²) in [5, 5.41) is 2.08. The zero-order valence-corrected chi connectivity index (χ0v) is 14.0. The van der Waals surface area contributed by atoms with Gasteiger partial charge in [-0.05, 0) is 25.4 Å². The van der Waals surface area contributed by atoms with Crippen LogP contribution in [-0.2, 0) is 4.79 Å². The van der Waals surface area contributed by atoms with E-state index in [1.807, 2.05) is 7.05 Å². The molecule has 0 fully saturated rings. The normalized spacial score (nSPS) is 12.4. The minimum absolute atomic E-state index is 0.131. The van der Waals surface area contributed by atoms with Gasteiger partial charge in [-0.3, -0.25) is 9.69 Å². The maximum Gasteiger partial charge on any atom is 0.223 e. The molecule has 0 aromatic carbocycles. The van der Waals surface area contributed by atoms with Crippen LogP contribution >= 0.6 is 23.6 Å². The molecule has 6 heteroatoms. The number of hydrogen-bond donors (Lipinski definition) is 1. The zero-order chi connectivity index (χ0) is 15.1. The summed E-state index contributed by atoms with van der Waals surface area (Å²) in [6.45, 7) is 3.50. The second-order valence-corrected chi connectivity index (χ2v) is 6.46. The number of nitrogens with zero attached hydrogens (tertiary/aromatic N) is 2. The van der Waals surface area contributed by atoms with Crippen LogP contribution in [0.4, 0.5) is 0 Å². The van der Waals surface area contributed by atoms with Gasteiger partial charge in [-0.1, -0.05) is 18.3 Å². The van der Waals surface area contributed by atoms with Crippen molar-refractivity contribution in [3.8, 4) is 0 Å². The van der Waals surface area contributed by atoms with Gasteiger partial charge in [-0.25, -0.2) is 0 Å². The van der Waals surface area contributed by atoms with E-state index in [-0.39, 0.29) is 5.91 Å². The standard InChI is InChI=1S/C14H23N3OS2/c1-11(12-5-4-10-20-12)16(2)9-7-14(18)17(3)8-6-13(15)19/h4-5,10-11H,6-9H2,1-3H3,(H2,15,19). The molecule has 1 rings (SSSR count).